The molecule has 5 rings (SSSR count). The lowest BCUT2D eigenvalue weighted by Crippen LogP contribution is -2.44. The largest absolute Gasteiger partial charge is 0.454 e. The number of nitrogens with zero attached hydrogens (tertiary/aromatic N) is 4. The van der Waals surface area contributed by atoms with Gasteiger partial charge in [-0.05, 0) is 19.2 Å². The molecule has 148 valence electrons. The van der Waals surface area contributed by atoms with Gasteiger partial charge in [-0.3, -0.25) is 0 Å². The van der Waals surface area contributed by atoms with Crippen LogP contribution in [-0.4, -0.2) is 54.9 Å². The van der Waals surface area contributed by atoms with Crippen molar-refractivity contribution in [2.24, 2.45) is 0 Å². The van der Waals surface area contributed by atoms with Gasteiger partial charge in [0.2, 0.25) is 12.7 Å². The van der Waals surface area contributed by atoms with Crippen LogP contribution < -0.4 is 19.7 Å². The van der Waals surface area contributed by atoms with Crippen LogP contribution in [0.1, 0.15) is 0 Å². The van der Waals surface area contributed by atoms with Gasteiger partial charge in [0.1, 0.15) is 5.82 Å². The fourth-order valence-corrected chi connectivity index (χ4v) is 3.55. The molecule has 0 bridgehead atoms. The zero-order valence-corrected chi connectivity index (χ0v) is 16.3. The normalized spacial score (nSPS) is 16.1. The number of nitrogens with one attached hydrogen (secondary N) is 1. The summed E-state index contributed by atoms with van der Waals surface area (Å²) in [4.78, 5) is 14.2. The van der Waals surface area contributed by atoms with Crippen LogP contribution >= 0.6 is 0 Å². The van der Waals surface area contributed by atoms with Crippen LogP contribution in [-0.2, 0) is 0 Å². The fraction of sp³-hybridized carbons (Fsp3) is 0.273. The highest BCUT2D eigenvalue weighted by Gasteiger charge is 2.18. The minimum Gasteiger partial charge on any atom is -0.454 e. The van der Waals surface area contributed by atoms with E-state index in [0.29, 0.717) is 5.95 Å². The van der Waals surface area contributed by atoms with Crippen molar-refractivity contribution in [3.05, 3.63) is 54.6 Å². The van der Waals surface area contributed by atoms with E-state index < -0.39 is 0 Å². The molecular formula is C22H23N5O2. The number of likely N-dealkylation sites (N-methyl/N-ethyl adjacent to an activating group) is 1. The van der Waals surface area contributed by atoms with Crippen molar-refractivity contribution in [3.8, 4) is 22.8 Å². The second kappa shape index (κ2) is 7.60. The number of benzene rings is 2. The molecular weight excluding hydrogens is 366 g/mol. The van der Waals surface area contributed by atoms with Gasteiger partial charge in [0, 0.05) is 49.6 Å². The monoisotopic (exact) mass is 389 g/mol. The summed E-state index contributed by atoms with van der Waals surface area (Å²) in [5.74, 6) is 3.00. The number of anilines is 3. The summed E-state index contributed by atoms with van der Waals surface area (Å²) in [7, 11) is 2.15. The third-order valence-corrected chi connectivity index (χ3v) is 5.24. The van der Waals surface area contributed by atoms with Gasteiger partial charge in [0.05, 0.1) is 5.69 Å². The van der Waals surface area contributed by atoms with Crippen LogP contribution in [0.3, 0.4) is 0 Å². The van der Waals surface area contributed by atoms with Gasteiger partial charge in [-0.2, -0.15) is 4.98 Å². The predicted molar refractivity (Wildman–Crippen MR) is 113 cm³/mol. The zero-order valence-electron chi connectivity index (χ0n) is 16.3. The molecule has 2 aromatic carbocycles. The van der Waals surface area contributed by atoms with Crippen LogP contribution in [0, 0.1) is 0 Å². The summed E-state index contributed by atoms with van der Waals surface area (Å²) in [6, 6.07) is 18.0. The zero-order chi connectivity index (χ0) is 19.6. The average molecular weight is 389 g/mol. The molecule has 1 fully saturated rings. The Balaban J connectivity index is 1.49. The topological polar surface area (TPSA) is 62.8 Å². The third-order valence-electron chi connectivity index (χ3n) is 5.24. The van der Waals surface area contributed by atoms with Gasteiger partial charge in [0.25, 0.3) is 0 Å². The van der Waals surface area contributed by atoms with E-state index in [1.807, 2.05) is 36.4 Å². The van der Waals surface area contributed by atoms with E-state index in [9.17, 15) is 0 Å². The molecule has 0 atom stereocenters. The SMILES string of the molecule is CN1CCN(c2cc(-c3ccccc3)nc(Nc3ccc4c(c3)OCO4)n2)CC1. The fourth-order valence-electron chi connectivity index (χ4n) is 3.55. The minimum absolute atomic E-state index is 0.256. The number of piperazine rings is 1. The second-order valence-electron chi connectivity index (χ2n) is 7.28. The van der Waals surface area contributed by atoms with Crippen molar-refractivity contribution in [2.45, 2.75) is 0 Å². The quantitative estimate of drug-likeness (QED) is 0.734. The Bertz CT molecular complexity index is 1000. The van der Waals surface area contributed by atoms with Crippen molar-refractivity contribution < 1.29 is 9.47 Å². The lowest BCUT2D eigenvalue weighted by Gasteiger charge is -2.33. The Morgan fingerprint density at radius 1 is 0.862 bits per heavy atom. The molecule has 3 heterocycles. The third kappa shape index (κ3) is 3.82. The summed E-state index contributed by atoms with van der Waals surface area (Å²) in [5.41, 5.74) is 2.83. The van der Waals surface area contributed by atoms with E-state index in [0.717, 1.165) is 60.4 Å². The Kier molecular flexibility index (Phi) is 4.65. The molecule has 7 nitrogen and oxygen atoms in total. The van der Waals surface area contributed by atoms with E-state index in [2.05, 4.69) is 40.4 Å². The summed E-state index contributed by atoms with van der Waals surface area (Å²) in [6.45, 7) is 4.20. The van der Waals surface area contributed by atoms with Gasteiger partial charge in [-0.1, -0.05) is 30.3 Å². The van der Waals surface area contributed by atoms with Crippen molar-refractivity contribution in [3.63, 3.8) is 0 Å². The number of hydrogen-bond donors (Lipinski definition) is 1. The van der Waals surface area contributed by atoms with Crippen molar-refractivity contribution >= 4 is 17.5 Å². The molecule has 0 aliphatic carbocycles. The van der Waals surface area contributed by atoms with Gasteiger partial charge in [-0.15, -0.1) is 0 Å². The van der Waals surface area contributed by atoms with Crippen molar-refractivity contribution in [1.29, 1.82) is 0 Å². The Morgan fingerprint density at radius 3 is 2.48 bits per heavy atom. The van der Waals surface area contributed by atoms with Crippen molar-refractivity contribution in [2.75, 3.05) is 50.2 Å². The average Bonchev–Trinajstić information content (AvgIpc) is 3.23. The van der Waals surface area contributed by atoms with Gasteiger partial charge in [-0.25, -0.2) is 4.98 Å². The number of rotatable bonds is 4. The molecule has 0 amide bonds. The molecule has 0 unspecified atom stereocenters. The first-order chi connectivity index (χ1) is 14.2. The summed E-state index contributed by atoms with van der Waals surface area (Å²) in [6.07, 6.45) is 0. The maximum Gasteiger partial charge on any atom is 0.231 e. The standard InChI is InChI=1S/C22H23N5O2/c1-26-9-11-27(12-10-26)21-14-18(16-5-3-2-4-6-16)24-22(25-21)23-17-7-8-19-20(13-17)29-15-28-19/h2-8,13-14H,9-12,15H2,1H3,(H,23,24,25). The van der Waals surface area contributed by atoms with Crippen LogP contribution in [0.15, 0.2) is 54.6 Å². The smallest absolute Gasteiger partial charge is 0.231 e. The Hall–Kier alpha value is -3.32. The maximum atomic E-state index is 5.48. The summed E-state index contributed by atoms with van der Waals surface area (Å²) < 4.78 is 10.9. The van der Waals surface area contributed by atoms with Gasteiger partial charge in [0.15, 0.2) is 11.5 Å². The molecule has 0 spiro atoms. The summed E-state index contributed by atoms with van der Waals surface area (Å²) >= 11 is 0. The van der Waals surface area contributed by atoms with E-state index in [-0.39, 0.29) is 6.79 Å². The van der Waals surface area contributed by atoms with E-state index >= 15 is 0 Å². The molecule has 1 saturated heterocycles. The second-order valence-corrected chi connectivity index (χ2v) is 7.28. The molecule has 1 aromatic heterocycles. The van der Waals surface area contributed by atoms with Gasteiger partial charge >= 0.3 is 0 Å². The highest BCUT2D eigenvalue weighted by atomic mass is 16.7. The van der Waals surface area contributed by atoms with Crippen LogP contribution in [0.4, 0.5) is 17.5 Å². The van der Waals surface area contributed by atoms with Crippen LogP contribution in [0.2, 0.25) is 0 Å². The number of ether oxygens (including phenoxy) is 2. The van der Waals surface area contributed by atoms with Gasteiger partial charge < -0.3 is 24.6 Å². The molecule has 29 heavy (non-hydrogen) atoms. The number of aromatic nitrogens is 2. The number of fused-ring (bicyclic) bond motifs is 1. The van der Waals surface area contributed by atoms with E-state index in [1.165, 1.54) is 0 Å². The molecule has 0 radical (unpaired) electrons. The van der Waals surface area contributed by atoms with Crippen molar-refractivity contribution in [1.82, 2.24) is 14.9 Å². The molecule has 3 aromatic rings. The molecule has 7 heteroatoms. The highest BCUT2D eigenvalue weighted by Crippen LogP contribution is 2.35. The first kappa shape index (κ1) is 17.8. The maximum absolute atomic E-state index is 5.48. The lowest BCUT2D eigenvalue weighted by molar-refractivity contribution is 0.174. The number of hydrogen-bond acceptors (Lipinski definition) is 7. The van der Waals surface area contributed by atoms with Crippen LogP contribution in [0.5, 0.6) is 11.5 Å². The Labute approximate surface area is 169 Å². The molecule has 2 aliphatic heterocycles. The van der Waals surface area contributed by atoms with Crippen LogP contribution in [0.25, 0.3) is 11.3 Å². The Morgan fingerprint density at radius 2 is 1.66 bits per heavy atom. The lowest BCUT2D eigenvalue weighted by atomic mass is 10.1. The molecule has 1 N–H and O–H groups in total. The summed E-state index contributed by atoms with van der Waals surface area (Å²) in [5, 5.41) is 3.34. The first-order valence-electron chi connectivity index (χ1n) is 9.79. The van der Waals surface area contributed by atoms with E-state index in [1.54, 1.807) is 0 Å². The highest BCUT2D eigenvalue weighted by molar-refractivity contribution is 5.67. The minimum atomic E-state index is 0.256. The molecule has 0 saturated carbocycles. The molecule has 2 aliphatic rings. The first-order valence-corrected chi connectivity index (χ1v) is 9.79. The predicted octanol–water partition coefficient (Wildman–Crippen LogP) is 3.37. The van der Waals surface area contributed by atoms with E-state index in [4.69, 9.17) is 19.4 Å².